The van der Waals surface area contributed by atoms with Gasteiger partial charge in [-0.05, 0) is 18.1 Å². The van der Waals surface area contributed by atoms with E-state index in [1.54, 1.807) is 11.0 Å². The Bertz CT molecular complexity index is 642. The minimum Gasteiger partial charge on any atom is -0.463 e. The van der Waals surface area contributed by atoms with Gasteiger partial charge >= 0.3 is 12.1 Å². The molecule has 0 bridgehead atoms. The Morgan fingerprint density at radius 1 is 1.33 bits per heavy atom. The Morgan fingerprint density at radius 3 is 2.75 bits per heavy atom. The van der Waals surface area contributed by atoms with Gasteiger partial charge in [0.05, 0.1) is 13.2 Å². The first-order valence-corrected chi connectivity index (χ1v) is 8.10. The molecule has 1 amide bonds. The van der Waals surface area contributed by atoms with Gasteiger partial charge in [0.25, 0.3) is 0 Å². The van der Waals surface area contributed by atoms with E-state index in [2.05, 4.69) is 0 Å². The van der Waals surface area contributed by atoms with Crippen molar-refractivity contribution in [3.63, 3.8) is 0 Å². The van der Waals surface area contributed by atoms with E-state index in [4.69, 9.17) is 14.2 Å². The molecule has 1 fully saturated rings. The van der Waals surface area contributed by atoms with Gasteiger partial charge in [-0.1, -0.05) is 37.3 Å². The van der Waals surface area contributed by atoms with E-state index in [0.717, 1.165) is 12.0 Å². The van der Waals surface area contributed by atoms with Crippen LogP contribution in [0, 0.1) is 0 Å². The second-order valence-electron chi connectivity index (χ2n) is 5.89. The molecule has 1 aromatic rings. The molecule has 2 heterocycles. The summed E-state index contributed by atoms with van der Waals surface area (Å²) >= 11 is 0. The predicted molar refractivity (Wildman–Crippen MR) is 86.0 cm³/mol. The van der Waals surface area contributed by atoms with Crippen LogP contribution in [0.1, 0.15) is 31.2 Å². The third kappa shape index (κ3) is 3.09. The number of hydrogen-bond donors (Lipinski definition) is 0. The van der Waals surface area contributed by atoms with Crippen molar-refractivity contribution >= 4 is 12.1 Å². The highest BCUT2D eigenvalue weighted by Crippen LogP contribution is 2.35. The predicted octanol–water partition coefficient (Wildman–Crippen LogP) is 2.80. The first-order valence-electron chi connectivity index (χ1n) is 8.10. The van der Waals surface area contributed by atoms with Crippen molar-refractivity contribution in [1.29, 1.82) is 0 Å². The summed E-state index contributed by atoms with van der Waals surface area (Å²) in [6.45, 7) is 2.34. The van der Waals surface area contributed by atoms with Crippen LogP contribution in [-0.4, -0.2) is 42.9 Å². The van der Waals surface area contributed by atoms with Gasteiger partial charge in [0.2, 0.25) is 5.76 Å². The van der Waals surface area contributed by atoms with Gasteiger partial charge in [-0.15, -0.1) is 0 Å². The molecular weight excluding hydrogens is 310 g/mol. The fraction of sp³-hybridized carbons (Fsp3) is 0.444. The molecule has 2 aliphatic heterocycles. The van der Waals surface area contributed by atoms with Crippen molar-refractivity contribution in [2.75, 3.05) is 13.7 Å². The fourth-order valence-corrected chi connectivity index (χ4v) is 3.16. The van der Waals surface area contributed by atoms with Crippen molar-refractivity contribution < 1.29 is 23.8 Å². The summed E-state index contributed by atoms with van der Waals surface area (Å²) in [6.07, 6.45) is 2.15. The quantitative estimate of drug-likeness (QED) is 0.794. The highest BCUT2D eigenvalue weighted by molar-refractivity contribution is 5.86. The number of esters is 1. The molecule has 0 aliphatic carbocycles. The molecule has 3 atom stereocenters. The minimum absolute atomic E-state index is 0.0371. The Balaban J connectivity index is 1.91. The summed E-state index contributed by atoms with van der Waals surface area (Å²) < 4.78 is 15.7. The second kappa shape index (κ2) is 6.95. The third-order valence-electron chi connectivity index (χ3n) is 4.47. The lowest BCUT2D eigenvalue weighted by Crippen LogP contribution is -2.45. The molecule has 3 rings (SSSR count). The van der Waals surface area contributed by atoms with E-state index in [0.29, 0.717) is 13.0 Å². The summed E-state index contributed by atoms with van der Waals surface area (Å²) in [5.41, 5.74) is 1.06. The Hall–Kier alpha value is -2.50. The van der Waals surface area contributed by atoms with Crippen molar-refractivity contribution in [2.45, 2.75) is 38.0 Å². The van der Waals surface area contributed by atoms with E-state index in [1.165, 1.54) is 7.11 Å². The molecule has 24 heavy (non-hydrogen) atoms. The molecule has 1 aromatic carbocycles. The van der Waals surface area contributed by atoms with Crippen molar-refractivity contribution in [3.8, 4) is 0 Å². The lowest BCUT2D eigenvalue weighted by atomic mass is 9.92. The number of carbonyl (C=O) groups is 2. The lowest BCUT2D eigenvalue weighted by Gasteiger charge is -2.35. The third-order valence-corrected chi connectivity index (χ3v) is 4.47. The molecule has 2 aliphatic rings. The highest BCUT2D eigenvalue weighted by atomic mass is 16.6. The maximum absolute atomic E-state index is 12.1. The number of ether oxygens (including phenoxy) is 3. The lowest BCUT2D eigenvalue weighted by molar-refractivity contribution is -0.144. The van der Waals surface area contributed by atoms with E-state index >= 15 is 0 Å². The minimum atomic E-state index is -0.547. The zero-order valence-electron chi connectivity index (χ0n) is 13.8. The van der Waals surface area contributed by atoms with Crippen LogP contribution in [0.5, 0.6) is 0 Å². The number of hydrogen-bond acceptors (Lipinski definition) is 5. The number of amides is 1. The van der Waals surface area contributed by atoms with Gasteiger partial charge in [-0.3, -0.25) is 4.90 Å². The molecular formula is C18H21NO5. The Labute approximate surface area is 141 Å². The van der Waals surface area contributed by atoms with Crippen LogP contribution in [0.15, 0.2) is 42.2 Å². The number of methoxy groups -OCH3 is 1. The largest absolute Gasteiger partial charge is 0.463 e. The van der Waals surface area contributed by atoms with E-state index in [1.807, 2.05) is 37.3 Å². The summed E-state index contributed by atoms with van der Waals surface area (Å²) in [5, 5.41) is 0. The van der Waals surface area contributed by atoms with Crippen molar-refractivity contribution in [2.24, 2.45) is 0 Å². The van der Waals surface area contributed by atoms with Crippen molar-refractivity contribution in [1.82, 2.24) is 4.90 Å². The van der Waals surface area contributed by atoms with Crippen LogP contribution >= 0.6 is 0 Å². The van der Waals surface area contributed by atoms with Gasteiger partial charge in [0, 0.05) is 12.3 Å². The van der Waals surface area contributed by atoms with E-state index in [9.17, 15) is 9.59 Å². The first kappa shape index (κ1) is 16.4. The second-order valence-corrected chi connectivity index (χ2v) is 5.89. The fourth-order valence-electron chi connectivity index (χ4n) is 3.16. The molecule has 0 N–H and O–H groups in total. The zero-order chi connectivity index (χ0) is 17.1. The number of nitrogens with zero attached hydrogens (tertiary/aromatic N) is 1. The smallest absolute Gasteiger partial charge is 0.413 e. The summed E-state index contributed by atoms with van der Waals surface area (Å²) in [5.74, 6) is -0.441. The monoisotopic (exact) mass is 331 g/mol. The van der Waals surface area contributed by atoms with Crippen molar-refractivity contribution in [3.05, 3.63) is 47.7 Å². The van der Waals surface area contributed by atoms with Crippen LogP contribution in [0.25, 0.3) is 0 Å². The van der Waals surface area contributed by atoms with Gasteiger partial charge in [-0.25, -0.2) is 9.59 Å². The normalized spacial score (nSPS) is 26.4. The summed E-state index contributed by atoms with van der Waals surface area (Å²) in [4.78, 5) is 25.7. The number of allylic oxidation sites excluding steroid dienone is 1. The highest BCUT2D eigenvalue weighted by Gasteiger charge is 2.42. The van der Waals surface area contributed by atoms with E-state index < -0.39 is 18.3 Å². The molecule has 6 nitrogen and oxygen atoms in total. The van der Waals surface area contributed by atoms with Gasteiger partial charge in [0.1, 0.15) is 6.61 Å². The number of benzene rings is 1. The first-order chi connectivity index (χ1) is 11.6. The van der Waals surface area contributed by atoms with Gasteiger partial charge in [-0.2, -0.15) is 0 Å². The molecule has 0 unspecified atom stereocenters. The topological polar surface area (TPSA) is 65.1 Å². The molecule has 6 heteroatoms. The van der Waals surface area contributed by atoms with Crippen LogP contribution in [0.4, 0.5) is 4.79 Å². The van der Waals surface area contributed by atoms with Crippen LogP contribution in [-0.2, 0) is 19.0 Å². The van der Waals surface area contributed by atoms with E-state index in [-0.39, 0.29) is 17.7 Å². The van der Waals surface area contributed by atoms with Crippen LogP contribution in [0.3, 0.4) is 0 Å². The van der Waals surface area contributed by atoms with Gasteiger partial charge < -0.3 is 14.2 Å². The standard InChI is InChI=1S/C18H21NO5/c1-3-14-11-23-18(21)19(14)16-10-13(12-7-5-4-6-8-12)9-15(24-16)17(20)22-2/h4-9,13-14,16H,3,10-11H2,1-2H3/t13-,14+,16+/m0/s1. The molecule has 0 aromatic heterocycles. The SMILES string of the molecule is CC[C@@H]1COC(=O)N1[C@H]1C[C@@H](c2ccccc2)C=C(C(=O)OC)O1. The summed E-state index contributed by atoms with van der Waals surface area (Å²) in [6, 6.07) is 9.79. The Kier molecular flexibility index (Phi) is 4.74. The van der Waals surface area contributed by atoms with Crippen LogP contribution in [0.2, 0.25) is 0 Å². The molecule has 0 spiro atoms. The maximum Gasteiger partial charge on any atom is 0.413 e. The number of rotatable bonds is 4. The van der Waals surface area contributed by atoms with Gasteiger partial charge in [0.15, 0.2) is 6.23 Å². The molecule has 0 saturated carbocycles. The number of cyclic esters (lactones) is 1. The zero-order valence-corrected chi connectivity index (χ0v) is 13.8. The maximum atomic E-state index is 12.1. The Morgan fingerprint density at radius 2 is 2.08 bits per heavy atom. The van der Waals surface area contributed by atoms with Crippen LogP contribution < -0.4 is 0 Å². The average molecular weight is 331 g/mol. The number of carbonyl (C=O) groups excluding carboxylic acids is 2. The molecule has 1 saturated heterocycles. The molecule has 128 valence electrons. The average Bonchev–Trinajstić information content (AvgIpc) is 3.02. The summed E-state index contributed by atoms with van der Waals surface area (Å²) in [7, 11) is 1.31. The molecule has 0 radical (unpaired) electrons.